The van der Waals surface area contributed by atoms with Crippen molar-refractivity contribution in [2.45, 2.75) is 19.9 Å². The van der Waals surface area contributed by atoms with E-state index >= 15 is 0 Å². The van der Waals surface area contributed by atoms with Gasteiger partial charge in [0.05, 0.1) is 11.8 Å². The monoisotopic (exact) mass is 288 g/mol. The Kier molecular flexibility index (Phi) is 4.86. The highest BCUT2D eigenvalue weighted by Crippen LogP contribution is 2.07. The molecule has 0 bridgehead atoms. The van der Waals surface area contributed by atoms with Crippen molar-refractivity contribution in [3.8, 4) is 0 Å². The van der Waals surface area contributed by atoms with E-state index in [-0.39, 0.29) is 17.5 Å². The van der Waals surface area contributed by atoms with Crippen molar-refractivity contribution in [1.29, 1.82) is 0 Å². The molecule has 0 saturated heterocycles. The standard InChI is InChI=1S/C11H14BrFN2O/c1-7(4-12)8(2)15-11(16)9-3-10(13)6-14-5-9/h3,5-8H,4H2,1-2H3,(H,15,16). The number of nitrogens with one attached hydrogen (secondary N) is 1. The first-order valence-corrected chi connectivity index (χ1v) is 6.14. The first kappa shape index (κ1) is 13.1. The summed E-state index contributed by atoms with van der Waals surface area (Å²) in [6, 6.07) is 1.20. The lowest BCUT2D eigenvalue weighted by Crippen LogP contribution is -2.37. The third-order valence-electron chi connectivity index (χ3n) is 2.42. The SMILES string of the molecule is CC(CBr)C(C)NC(=O)c1cncc(F)c1. The van der Waals surface area contributed by atoms with Gasteiger partial charge in [0.15, 0.2) is 0 Å². The minimum Gasteiger partial charge on any atom is -0.349 e. The van der Waals surface area contributed by atoms with E-state index in [1.807, 2.05) is 13.8 Å². The highest BCUT2D eigenvalue weighted by atomic mass is 79.9. The number of carbonyl (C=O) groups is 1. The molecule has 0 spiro atoms. The molecular formula is C11H14BrFN2O. The molecule has 88 valence electrons. The summed E-state index contributed by atoms with van der Waals surface area (Å²) in [4.78, 5) is 15.3. The molecule has 0 radical (unpaired) electrons. The summed E-state index contributed by atoms with van der Waals surface area (Å²) < 4.78 is 12.8. The number of aromatic nitrogens is 1. The van der Waals surface area contributed by atoms with Crippen LogP contribution in [0, 0.1) is 11.7 Å². The maximum atomic E-state index is 12.8. The van der Waals surface area contributed by atoms with E-state index in [0.717, 1.165) is 11.5 Å². The number of amides is 1. The fourth-order valence-electron chi connectivity index (χ4n) is 1.10. The highest BCUT2D eigenvalue weighted by molar-refractivity contribution is 9.09. The zero-order valence-corrected chi connectivity index (χ0v) is 10.8. The average molecular weight is 289 g/mol. The molecule has 0 aliphatic rings. The highest BCUT2D eigenvalue weighted by Gasteiger charge is 2.15. The molecule has 1 amide bonds. The molecule has 2 atom stereocenters. The van der Waals surface area contributed by atoms with Crippen molar-refractivity contribution < 1.29 is 9.18 Å². The number of pyridine rings is 1. The maximum Gasteiger partial charge on any atom is 0.253 e. The Morgan fingerprint density at radius 3 is 2.81 bits per heavy atom. The lowest BCUT2D eigenvalue weighted by Gasteiger charge is -2.19. The second-order valence-electron chi connectivity index (χ2n) is 3.79. The van der Waals surface area contributed by atoms with E-state index in [9.17, 15) is 9.18 Å². The molecule has 0 aromatic carbocycles. The van der Waals surface area contributed by atoms with Crippen LogP contribution in [0.2, 0.25) is 0 Å². The van der Waals surface area contributed by atoms with E-state index in [0.29, 0.717) is 5.92 Å². The molecule has 1 aromatic heterocycles. The Balaban J connectivity index is 2.66. The van der Waals surface area contributed by atoms with Gasteiger partial charge in [-0.3, -0.25) is 9.78 Å². The first-order chi connectivity index (χ1) is 7.54. The van der Waals surface area contributed by atoms with E-state index in [1.54, 1.807) is 0 Å². The summed E-state index contributed by atoms with van der Waals surface area (Å²) in [5.41, 5.74) is 0.244. The molecule has 3 nitrogen and oxygen atoms in total. The molecule has 1 rings (SSSR count). The van der Waals surface area contributed by atoms with Crippen molar-refractivity contribution >= 4 is 21.8 Å². The fourth-order valence-corrected chi connectivity index (χ4v) is 1.66. The van der Waals surface area contributed by atoms with Crippen LogP contribution < -0.4 is 5.32 Å². The van der Waals surface area contributed by atoms with Gasteiger partial charge in [-0.05, 0) is 18.9 Å². The zero-order valence-electron chi connectivity index (χ0n) is 9.21. The van der Waals surface area contributed by atoms with Gasteiger partial charge in [-0.1, -0.05) is 22.9 Å². The van der Waals surface area contributed by atoms with Gasteiger partial charge in [0.25, 0.3) is 5.91 Å². The fraction of sp³-hybridized carbons (Fsp3) is 0.455. The molecule has 0 aliphatic carbocycles. The minimum absolute atomic E-state index is 0.0233. The van der Waals surface area contributed by atoms with Crippen LogP contribution in [0.3, 0.4) is 0 Å². The smallest absolute Gasteiger partial charge is 0.253 e. The van der Waals surface area contributed by atoms with Crippen LogP contribution >= 0.6 is 15.9 Å². The second-order valence-corrected chi connectivity index (χ2v) is 4.43. The Hall–Kier alpha value is -0.970. The topological polar surface area (TPSA) is 42.0 Å². The molecule has 0 fully saturated rings. The molecule has 5 heteroatoms. The normalized spacial score (nSPS) is 14.2. The van der Waals surface area contributed by atoms with Gasteiger partial charge in [0.2, 0.25) is 0 Å². The van der Waals surface area contributed by atoms with Crippen LogP contribution in [0.4, 0.5) is 4.39 Å². The number of hydrogen-bond acceptors (Lipinski definition) is 2. The summed E-state index contributed by atoms with van der Waals surface area (Å²) in [5.74, 6) is -0.494. The lowest BCUT2D eigenvalue weighted by atomic mass is 10.1. The van der Waals surface area contributed by atoms with Crippen molar-refractivity contribution in [3.63, 3.8) is 0 Å². The second kappa shape index (κ2) is 5.94. The third kappa shape index (κ3) is 3.56. The Morgan fingerprint density at radius 2 is 2.25 bits per heavy atom. The van der Waals surface area contributed by atoms with Crippen LogP contribution in [0.25, 0.3) is 0 Å². The summed E-state index contributed by atoms with van der Waals surface area (Å²) in [7, 11) is 0. The van der Waals surface area contributed by atoms with Gasteiger partial charge < -0.3 is 5.32 Å². The molecule has 1 N–H and O–H groups in total. The number of halogens is 2. The molecule has 1 heterocycles. The summed E-state index contributed by atoms with van der Waals surface area (Å²) >= 11 is 3.35. The largest absolute Gasteiger partial charge is 0.349 e. The minimum atomic E-state index is -0.506. The van der Waals surface area contributed by atoms with Gasteiger partial charge in [-0.25, -0.2) is 4.39 Å². The summed E-state index contributed by atoms with van der Waals surface area (Å²) in [6.45, 7) is 3.93. The molecule has 0 aliphatic heterocycles. The number of hydrogen-bond donors (Lipinski definition) is 1. The van der Waals surface area contributed by atoms with Crippen LogP contribution in [0.1, 0.15) is 24.2 Å². The molecule has 1 aromatic rings. The quantitative estimate of drug-likeness (QED) is 0.865. The number of nitrogens with zero attached hydrogens (tertiary/aromatic N) is 1. The molecule has 0 saturated carbocycles. The maximum absolute atomic E-state index is 12.8. The average Bonchev–Trinajstić information content (AvgIpc) is 2.27. The molecule has 16 heavy (non-hydrogen) atoms. The zero-order chi connectivity index (χ0) is 12.1. The van der Waals surface area contributed by atoms with E-state index in [1.165, 1.54) is 12.3 Å². The van der Waals surface area contributed by atoms with Crippen LogP contribution in [-0.2, 0) is 0 Å². The van der Waals surface area contributed by atoms with Crippen molar-refractivity contribution in [3.05, 3.63) is 29.8 Å². The van der Waals surface area contributed by atoms with Crippen molar-refractivity contribution in [2.75, 3.05) is 5.33 Å². The van der Waals surface area contributed by atoms with E-state index in [2.05, 4.69) is 26.2 Å². The van der Waals surface area contributed by atoms with Crippen molar-refractivity contribution in [2.24, 2.45) is 5.92 Å². The third-order valence-corrected chi connectivity index (χ3v) is 3.44. The predicted octanol–water partition coefficient (Wildman–Crippen LogP) is 2.37. The Morgan fingerprint density at radius 1 is 1.56 bits per heavy atom. The number of carbonyl (C=O) groups excluding carboxylic acids is 1. The number of alkyl halides is 1. The van der Waals surface area contributed by atoms with Gasteiger partial charge in [0, 0.05) is 17.6 Å². The van der Waals surface area contributed by atoms with Crippen LogP contribution in [0.15, 0.2) is 18.5 Å². The number of rotatable bonds is 4. The predicted molar refractivity (Wildman–Crippen MR) is 64.1 cm³/mol. The molecular weight excluding hydrogens is 275 g/mol. The molecule has 2 unspecified atom stereocenters. The van der Waals surface area contributed by atoms with E-state index in [4.69, 9.17) is 0 Å². The first-order valence-electron chi connectivity index (χ1n) is 5.02. The summed E-state index contributed by atoms with van der Waals surface area (Å²) in [5, 5.41) is 3.60. The van der Waals surface area contributed by atoms with Gasteiger partial charge in [-0.15, -0.1) is 0 Å². The lowest BCUT2D eigenvalue weighted by molar-refractivity contribution is 0.0930. The van der Waals surface area contributed by atoms with Gasteiger partial charge in [-0.2, -0.15) is 0 Å². The van der Waals surface area contributed by atoms with Gasteiger partial charge in [0.1, 0.15) is 5.82 Å². The van der Waals surface area contributed by atoms with Crippen molar-refractivity contribution in [1.82, 2.24) is 10.3 Å². The Bertz CT molecular complexity index is 373. The summed E-state index contributed by atoms with van der Waals surface area (Å²) in [6.07, 6.45) is 2.42. The van der Waals surface area contributed by atoms with E-state index < -0.39 is 5.82 Å². The Labute approximate surface area is 103 Å². The van der Waals surface area contributed by atoms with Crippen LogP contribution in [-0.4, -0.2) is 22.3 Å². The van der Waals surface area contributed by atoms with Crippen LogP contribution in [0.5, 0.6) is 0 Å². The van der Waals surface area contributed by atoms with Gasteiger partial charge >= 0.3 is 0 Å².